The highest BCUT2D eigenvalue weighted by Gasteiger charge is 2.25. The first-order chi connectivity index (χ1) is 7.68. The molecular formula is C12H17N3O. The molecule has 1 fully saturated rings. The Kier molecular flexibility index (Phi) is 3.08. The van der Waals surface area contributed by atoms with Gasteiger partial charge in [-0.05, 0) is 37.8 Å². The number of nitrogens with one attached hydrogen (secondary N) is 1. The van der Waals surface area contributed by atoms with Crippen LogP contribution in [-0.2, 0) is 0 Å². The van der Waals surface area contributed by atoms with Gasteiger partial charge in [-0.3, -0.25) is 4.79 Å². The van der Waals surface area contributed by atoms with Crippen LogP contribution in [0, 0.1) is 5.92 Å². The lowest BCUT2D eigenvalue weighted by atomic mass is 9.80. The van der Waals surface area contributed by atoms with E-state index in [0.29, 0.717) is 17.3 Å². The highest BCUT2D eigenvalue weighted by atomic mass is 16.1. The van der Waals surface area contributed by atoms with Crippen molar-refractivity contribution < 1.29 is 4.79 Å². The summed E-state index contributed by atoms with van der Waals surface area (Å²) < 4.78 is 0. The van der Waals surface area contributed by atoms with Crippen LogP contribution in [0.15, 0.2) is 18.3 Å². The molecule has 0 spiro atoms. The summed E-state index contributed by atoms with van der Waals surface area (Å²) in [6.07, 6.45) is 5.29. The van der Waals surface area contributed by atoms with Crippen molar-refractivity contribution in [2.45, 2.75) is 32.2 Å². The number of nitrogen functional groups attached to an aromatic ring is 1. The van der Waals surface area contributed by atoms with Gasteiger partial charge in [0.25, 0.3) is 5.91 Å². The number of aromatic nitrogens is 1. The van der Waals surface area contributed by atoms with Gasteiger partial charge in [0.15, 0.2) is 0 Å². The summed E-state index contributed by atoms with van der Waals surface area (Å²) in [5, 5.41) is 2.98. The minimum Gasteiger partial charge on any atom is -0.383 e. The van der Waals surface area contributed by atoms with E-state index in [9.17, 15) is 4.79 Å². The molecule has 2 rings (SSSR count). The number of pyridine rings is 1. The lowest BCUT2D eigenvalue weighted by molar-refractivity contribution is 0.0910. The van der Waals surface area contributed by atoms with Crippen LogP contribution in [0.3, 0.4) is 0 Å². The maximum Gasteiger partial charge on any atom is 0.255 e. The van der Waals surface area contributed by atoms with Crippen LogP contribution < -0.4 is 11.1 Å². The zero-order chi connectivity index (χ0) is 11.5. The van der Waals surface area contributed by atoms with E-state index >= 15 is 0 Å². The molecular weight excluding hydrogens is 202 g/mol. The summed E-state index contributed by atoms with van der Waals surface area (Å²) >= 11 is 0. The van der Waals surface area contributed by atoms with Crippen molar-refractivity contribution in [1.29, 1.82) is 0 Å². The van der Waals surface area contributed by atoms with E-state index in [0.717, 1.165) is 0 Å². The monoisotopic (exact) mass is 219 g/mol. The van der Waals surface area contributed by atoms with Crippen LogP contribution in [-0.4, -0.2) is 16.9 Å². The Morgan fingerprint density at radius 2 is 2.38 bits per heavy atom. The van der Waals surface area contributed by atoms with Crippen LogP contribution in [0.25, 0.3) is 0 Å². The van der Waals surface area contributed by atoms with Crippen LogP contribution in [0.1, 0.15) is 36.5 Å². The Morgan fingerprint density at radius 1 is 1.62 bits per heavy atom. The highest BCUT2D eigenvalue weighted by Crippen LogP contribution is 2.29. The first-order valence-electron chi connectivity index (χ1n) is 5.70. The van der Waals surface area contributed by atoms with E-state index in [4.69, 9.17) is 5.73 Å². The minimum atomic E-state index is -0.120. The largest absolute Gasteiger partial charge is 0.383 e. The number of carbonyl (C=O) groups excluding carboxylic acids is 1. The summed E-state index contributed by atoms with van der Waals surface area (Å²) in [5.74, 6) is 0.799. The fraction of sp³-hybridized carbons (Fsp3) is 0.500. The van der Waals surface area contributed by atoms with E-state index in [1.807, 2.05) is 6.92 Å². The molecule has 86 valence electrons. The van der Waals surface area contributed by atoms with E-state index in [1.54, 1.807) is 18.3 Å². The molecule has 1 aromatic rings. The summed E-state index contributed by atoms with van der Waals surface area (Å²) in [7, 11) is 0. The molecule has 0 aromatic carbocycles. The molecule has 1 amide bonds. The third-order valence-corrected chi connectivity index (χ3v) is 3.30. The maximum atomic E-state index is 11.9. The number of amides is 1. The van der Waals surface area contributed by atoms with E-state index in [1.165, 1.54) is 19.3 Å². The Bertz CT molecular complexity index is 388. The molecule has 1 aromatic heterocycles. The zero-order valence-electron chi connectivity index (χ0n) is 9.44. The van der Waals surface area contributed by atoms with Crippen molar-refractivity contribution in [3.05, 3.63) is 23.9 Å². The van der Waals surface area contributed by atoms with Crippen molar-refractivity contribution in [2.24, 2.45) is 5.92 Å². The lowest BCUT2D eigenvalue weighted by Crippen LogP contribution is -2.40. The molecule has 0 saturated heterocycles. The summed E-state index contributed by atoms with van der Waals surface area (Å²) in [5.41, 5.74) is 6.11. The van der Waals surface area contributed by atoms with Gasteiger partial charge in [0, 0.05) is 12.2 Å². The van der Waals surface area contributed by atoms with Crippen LogP contribution >= 0.6 is 0 Å². The first-order valence-corrected chi connectivity index (χ1v) is 5.70. The van der Waals surface area contributed by atoms with Crippen molar-refractivity contribution in [2.75, 3.05) is 5.73 Å². The molecule has 4 nitrogen and oxygen atoms in total. The Hall–Kier alpha value is -1.58. The number of hydrogen-bond donors (Lipinski definition) is 2. The van der Waals surface area contributed by atoms with Gasteiger partial charge >= 0.3 is 0 Å². The van der Waals surface area contributed by atoms with Crippen molar-refractivity contribution >= 4 is 11.7 Å². The van der Waals surface area contributed by atoms with Gasteiger partial charge in [-0.1, -0.05) is 6.42 Å². The second kappa shape index (κ2) is 4.51. The molecule has 16 heavy (non-hydrogen) atoms. The summed E-state index contributed by atoms with van der Waals surface area (Å²) in [6, 6.07) is 3.64. The average molecular weight is 219 g/mol. The number of rotatable bonds is 3. The molecule has 0 radical (unpaired) electrons. The van der Waals surface area contributed by atoms with Gasteiger partial charge in [0.1, 0.15) is 5.82 Å². The third-order valence-electron chi connectivity index (χ3n) is 3.30. The molecule has 3 N–H and O–H groups in total. The molecule has 0 bridgehead atoms. The quantitative estimate of drug-likeness (QED) is 0.811. The molecule has 4 heteroatoms. The molecule has 1 atom stereocenters. The average Bonchev–Trinajstić information content (AvgIpc) is 2.15. The molecule has 1 saturated carbocycles. The van der Waals surface area contributed by atoms with Gasteiger partial charge in [-0.2, -0.15) is 0 Å². The van der Waals surface area contributed by atoms with E-state index in [2.05, 4.69) is 10.3 Å². The van der Waals surface area contributed by atoms with Gasteiger partial charge in [0.05, 0.1) is 5.56 Å². The molecule has 1 aliphatic rings. The van der Waals surface area contributed by atoms with Crippen molar-refractivity contribution in [3.63, 3.8) is 0 Å². The number of anilines is 1. The fourth-order valence-corrected chi connectivity index (χ4v) is 1.95. The Balaban J connectivity index is 2.00. The van der Waals surface area contributed by atoms with Crippen LogP contribution in [0.4, 0.5) is 5.82 Å². The van der Waals surface area contributed by atoms with Crippen LogP contribution in [0.2, 0.25) is 0 Å². The maximum absolute atomic E-state index is 11.9. The predicted molar refractivity (Wildman–Crippen MR) is 62.9 cm³/mol. The normalized spacial score (nSPS) is 17.6. The Labute approximate surface area is 95.3 Å². The smallest absolute Gasteiger partial charge is 0.255 e. The SMILES string of the molecule is CC(NC(=O)c1cccnc1N)C1CCC1. The highest BCUT2D eigenvalue weighted by molar-refractivity contribution is 5.98. The number of nitrogens with zero attached hydrogens (tertiary/aromatic N) is 1. The predicted octanol–water partition coefficient (Wildman–Crippen LogP) is 1.58. The summed E-state index contributed by atoms with van der Waals surface area (Å²) in [6.45, 7) is 2.05. The lowest BCUT2D eigenvalue weighted by Gasteiger charge is -2.31. The standard InChI is InChI=1S/C12H17N3O/c1-8(9-4-2-5-9)15-12(16)10-6-3-7-14-11(10)13/h3,6-9H,2,4-5H2,1H3,(H2,13,14)(H,15,16). The second-order valence-corrected chi connectivity index (χ2v) is 4.39. The van der Waals surface area contributed by atoms with Crippen molar-refractivity contribution in [3.8, 4) is 0 Å². The molecule has 1 unspecified atom stereocenters. The number of hydrogen-bond acceptors (Lipinski definition) is 3. The molecule has 1 aliphatic carbocycles. The zero-order valence-corrected chi connectivity index (χ0v) is 9.44. The molecule has 0 aliphatic heterocycles. The number of nitrogens with two attached hydrogens (primary N) is 1. The fourth-order valence-electron chi connectivity index (χ4n) is 1.95. The molecule has 1 heterocycles. The van der Waals surface area contributed by atoms with Crippen LogP contribution in [0.5, 0.6) is 0 Å². The van der Waals surface area contributed by atoms with E-state index in [-0.39, 0.29) is 11.9 Å². The third kappa shape index (κ3) is 2.15. The topological polar surface area (TPSA) is 68.0 Å². The van der Waals surface area contributed by atoms with Gasteiger partial charge in [-0.15, -0.1) is 0 Å². The number of carbonyl (C=O) groups is 1. The minimum absolute atomic E-state index is 0.120. The second-order valence-electron chi connectivity index (χ2n) is 4.39. The van der Waals surface area contributed by atoms with Gasteiger partial charge < -0.3 is 11.1 Å². The van der Waals surface area contributed by atoms with Gasteiger partial charge in [-0.25, -0.2) is 4.98 Å². The first kappa shape index (κ1) is 10.9. The van der Waals surface area contributed by atoms with E-state index < -0.39 is 0 Å². The van der Waals surface area contributed by atoms with Gasteiger partial charge in [0.2, 0.25) is 0 Å². The Morgan fingerprint density at radius 3 is 2.94 bits per heavy atom. The van der Waals surface area contributed by atoms with Crippen molar-refractivity contribution in [1.82, 2.24) is 10.3 Å². The summed E-state index contributed by atoms with van der Waals surface area (Å²) in [4.78, 5) is 15.8.